The smallest absolute Gasteiger partial charge is 0.310 e. The summed E-state index contributed by atoms with van der Waals surface area (Å²) in [5.74, 6) is 0.189. The fourth-order valence-electron chi connectivity index (χ4n) is 4.21. The zero-order valence-corrected chi connectivity index (χ0v) is 18.8. The van der Waals surface area contributed by atoms with Gasteiger partial charge < -0.3 is 14.4 Å². The minimum atomic E-state index is -0.274. The summed E-state index contributed by atoms with van der Waals surface area (Å²) in [4.78, 5) is 32.5. The Morgan fingerprint density at radius 2 is 1.91 bits per heavy atom. The highest BCUT2D eigenvalue weighted by Crippen LogP contribution is 2.29. The van der Waals surface area contributed by atoms with Crippen molar-refractivity contribution in [2.45, 2.75) is 26.7 Å². The Morgan fingerprint density at radius 3 is 2.62 bits per heavy atom. The number of nitrogens with zero attached hydrogens (tertiary/aromatic N) is 2. The second-order valence-electron chi connectivity index (χ2n) is 8.15. The molecule has 0 radical (unpaired) electrons. The number of ether oxygens (including phenoxy) is 2. The number of aromatic nitrogens is 1. The average Bonchev–Trinajstić information content (AvgIpc) is 2.83. The number of carbonyl (C=O) groups is 2. The standard InChI is InChI=1S/C26H28N2O4/c1-4-32-26(30)19-6-5-13-28(16-19)25(29)22-15-24(18-8-10-20(31-3)11-9-18)27-23-12-7-17(2)14-21(22)23/h7-12,14-15,19H,4-6,13,16H2,1-3H3. The van der Waals surface area contributed by atoms with Crippen molar-refractivity contribution in [2.75, 3.05) is 26.8 Å². The van der Waals surface area contributed by atoms with Crippen LogP contribution in [0.15, 0.2) is 48.5 Å². The van der Waals surface area contributed by atoms with E-state index in [0.29, 0.717) is 25.3 Å². The van der Waals surface area contributed by atoms with Crippen LogP contribution in [0.1, 0.15) is 35.7 Å². The third-order valence-electron chi connectivity index (χ3n) is 5.91. The summed E-state index contributed by atoms with van der Waals surface area (Å²) in [7, 11) is 1.63. The number of esters is 1. The van der Waals surface area contributed by atoms with E-state index in [4.69, 9.17) is 14.5 Å². The lowest BCUT2D eigenvalue weighted by molar-refractivity contribution is -0.149. The van der Waals surface area contributed by atoms with Crippen LogP contribution in [-0.2, 0) is 9.53 Å². The van der Waals surface area contributed by atoms with Gasteiger partial charge in [0.15, 0.2) is 0 Å². The second kappa shape index (κ2) is 9.39. The molecule has 1 aliphatic rings. The first-order valence-corrected chi connectivity index (χ1v) is 11.0. The van der Waals surface area contributed by atoms with Gasteiger partial charge in [-0.1, -0.05) is 11.6 Å². The van der Waals surface area contributed by atoms with Crippen LogP contribution in [0.5, 0.6) is 5.75 Å². The summed E-state index contributed by atoms with van der Waals surface area (Å²) in [5, 5.41) is 0.825. The van der Waals surface area contributed by atoms with Crippen molar-refractivity contribution in [3.8, 4) is 17.0 Å². The fraction of sp³-hybridized carbons (Fsp3) is 0.346. The van der Waals surface area contributed by atoms with E-state index < -0.39 is 0 Å². The topological polar surface area (TPSA) is 68.7 Å². The maximum atomic E-state index is 13.7. The van der Waals surface area contributed by atoms with Crippen LogP contribution in [0.4, 0.5) is 0 Å². The van der Waals surface area contributed by atoms with Crippen LogP contribution in [0.3, 0.4) is 0 Å². The molecular formula is C26H28N2O4. The van der Waals surface area contributed by atoms with E-state index in [2.05, 4.69) is 0 Å². The molecule has 2 aromatic carbocycles. The Balaban J connectivity index is 1.73. The van der Waals surface area contributed by atoms with Crippen molar-refractivity contribution in [1.82, 2.24) is 9.88 Å². The van der Waals surface area contributed by atoms with Crippen molar-refractivity contribution in [3.63, 3.8) is 0 Å². The number of rotatable bonds is 5. The van der Waals surface area contributed by atoms with Gasteiger partial charge in [-0.15, -0.1) is 0 Å². The molecule has 0 N–H and O–H groups in total. The van der Waals surface area contributed by atoms with Crippen molar-refractivity contribution >= 4 is 22.8 Å². The number of piperidine rings is 1. The van der Waals surface area contributed by atoms with Crippen molar-refractivity contribution in [2.24, 2.45) is 5.92 Å². The fourth-order valence-corrected chi connectivity index (χ4v) is 4.21. The molecular weight excluding hydrogens is 404 g/mol. The molecule has 0 aliphatic carbocycles. The van der Waals surface area contributed by atoms with E-state index in [9.17, 15) is 9.59 Å². The number of methoxy groups -OCH3 is 1. The minimum Gasteiger partial charge on any atom is -0.497 e. The maximum Gasteiger partial charge on any atom is 0.310 e. The average molecular weight is 433 g/mol. The summed E-state index contributed by atoms with van der Waals surface area (Å²) in [5.41, 5.74) is 4.07. The number of amides is 1. The summed E-state index contributed by atoms with van der Waals surface area (Å²) in [6, 6.07) is 15.4. The first kappa shape index (κ1) is 21.8. The third-order valence-corrected chi connectivity index (χ3v) is 5.91. The Labute approximate surface area is 188 Å². The number of hydrogen-bond acceptors (Lipinski definition) is 5. The molecule has 1 fully saturated rings. The molecule has 3 aromatic rings. The van der Waals surface area contributed by atoms with E-state index in [1.54, 1.807) is 18.9 Å². The predicted molar refractivity (Wildman–Crippen MR) is 124 cm³/mol. The van der Waals surface area contributed by atoms with Crippen LogP contribution in [0.25, 0.3) is 22.2 Å². The molecule has 2 heterocycles. The van der Waals surface area contributed by atoms with Gasteiger partial charge in [-0.05, 0) is 69.2 Å². The number of hydrogen-bond donors (Lipinski definition) is 0. The maximum absolute atomic E-state index is 13.7. The first-order valence-electron chi connectivity index (χ1n) is 11.0. The van der Waals surface area contributed by atoms with E-state index in [1.165, 1.54) is 0 Å². The van der Waals surface area contributed by atoms with Gasteiger partial charge in [-0.3, -0.25) is 9.59 Å². The molecule has 1 atom stereocenters. The summed E-state index contributed by atoms with van der Waals surface area (Å²) >= 11 is 0. The highest BCUT2D eigenvalue weighted by Gasteiger charge is 2.30. The Hall–Kier alpha value is -3.41. The lowest BCUT2D eigenvalue weighted by atomic mass is 9.96. The minimum absolute atomic E-state index is 0.0771. The molecule has 1 saturated heterocycles. The van der Waals surface area contributed by atoms with Crippen LogP contribution in [-0.4, -0.2) is 48.6 Å². The van der Waals surface area contributed by atoms with Gasteiger partial charge in [-0.2, -0.15) is 0 Å². The van der Waals surface area contributed by atoms with Crippen molar-refractivity contribution in [1.29, 1.82) is 0 Å². The molecule has 0 bridgehead atoms. The van der Waals surface area contributed by atoms with Gasteiger partial charge in [0.25, 0.3) is 5.91 Å². The Kier molecular flexibility index (Phi) is 6.40. The molecule has 0 spiro atoms. The zero-order valence-electron chi connectivity index (χ0n) is 18.8. The highest BCUT2D eigenvalue weighted by atomic mass is 16.5. The SMILES string of the molecule is CCOC(=O)C1CCCN(C(=O)c2cc(-c3ccc(OC)cc3)nc3ccc(C)cc23)C1. The van der Waals surface area contributed by atoms with E-state index in [0.717, 1.165) is 46.3 Å². The Morgan fingerprint density at radius 1 is 1.12 bits per heavy atom. The van der Waals surface area contributed by atoms with Gasteiger partial charge in [-0.25, -0.2) is 4.98 Å². The quantitative estimate of drug-likeness (QED) is 0.550. The molecule has 0 saturated carbocycles. The zero-order chi connectivity index (χ0) is 22.7. The normalized spacial score (nSPS) is 16.1. The number of likely N-dealkylation sites (tertiary alicyclic amines) is 1. The monoisotopic (exact) mass is 432 g/mol. The van der Waals surface area contributed by atoms with Crippen LogP contribution in [0.2, 0.25) is 0 Å². The van der Waals surface area contributed by atoms with Gasteiger partial charge >= 0.3 is 5.97 Å². The van der Waals surface area contributed by atoms with Crippen LogP contribution in [0, 0.1) is 12.8 Å². The largest absolute Gasteiger partial charge is 0.497 e. The highest BCUT2D eigenvalue weighted by molar-refractivity contribution is 6.07. The Bertz CT molecular complexity index is 1140. The van der Waals surface area contributed by atoms with Gasteiger partial charge in [0.1, 0.15) is 5.75 Å². The summed E-state index contributed by atoms with van der Waals surface area (Å²) < 4.78 is 10.5. The molecule has 166 valence electrons. The third kappa shape index (κ3) is 4.44. The second-order valence-corrected chi connectivity index (χ2v) is 8.15. The molecule has 6 heteroatoms. The molecule has 1 unspecified atom stereocenters. The number of aryl methyl sites for hydroxylation is 1. The molecule has 1 aromatic heterocycles. The lowest BCUT2D eigenvalue weighted by Gasteiger charge is -2.32. The molecule has 32 heavy (non-hydrogen) atoms. The molecule has 1 aliphatic heterocycles. The van der Waals surface area contributed by atoms with E-state index in [1.807, 2.05) is 55.5 Å². The molecule has 4 rings (SSSR count). The predicted octanol–water partition coefficient (Wildman–Crippen LogP) is 4.63. The number of benzene rings is 2. The number of fused-ring (bicyclic) bond motifs is 1. The van der Waals surface area contributed by atoms with Gasteiger partial charge in [0, 0.05) is 24.0 Å². The van der Waals surface area contributed by atoms with Gasteiger partial charge in [0.05, 0.1) is 36.4 Å². The number of carbonyl (C=O) groups excluding carboxylic acids is 2. The van der Waals surface area contributed by atoms with Crippen molar-refractivity contribution < 1.29 is 19.1 Å². The molecule has 6 nitrogen and oxygen atoms in total. The van der Waals surface area contributed by atoms with E-state index in [-0.39, 0.29) is 17.8 Å². The van der Waals surface area contributed by atoms with Crippen LogP contribution >= 0.6 is 0 Å². The van der Waals surface area contributed by atoms with E-state index >= 15 is 0 Å². The summed E-state index contributed by atoms with van der Waals surface area (Å²) in [6.07, 6.45) is 1.53. The van der Waals surface area contributed by atoms with Gasteiger partial charge in [0.2, 0.25) is 0 Å². The lowest BCUT2D eigenvalue weighted by Crippen LogP contribution is -2.42. The van der Waals surface area contributed by atoms with Crippen molar-refractivity contribution in [3.05, 3.63) is 59.7 Å². The molecule has 1 amide bonds. The van der Waals surface area contributed by atoms with Crippen LogP contribution < -0.4 is 4.74 Å². The number of pyridine rings is 1. The first-order chi connectivity index (χ1) is 15.5. The summed E-state index contributed by atoms with van der Waals surface area (Å²) in [6.45, 7) is 5.16.